The first kappa shape index (κ1) is 39.8. The van der Waals surface area contributed by atoms with E-state index >= 15 is 0 Å². The molecule has 1 heterocycles. The first-order valence-electron chi connectivity index (χ1n) is 17.1. The molecule has 2 N–H and O–H groups in total. The van der Waals surface area contributed by atoms with Crippen molar-refractivity contribution in [2.45, 2.75) is 54.1 Å². The van der Waals surface area contributed by atoms with Gasteiger partial charge in [0.2, 0.25) is 0 Å². The Hall–Kier alpha value is -5.95. The van der Waals surface area contributed by atoms with E-state index < -0.39 is 18.0 Å². The van der Waals surface area contributed by atoms with Crippen molar-refractivity contribution < 1.29 is 28.6 Å². The molecule has 0 aliphatic carbocycles. The van der Waals surface area contributed by atoms with E-state index in [-0.39, 0.29) is 30.6 Å². The van der Waals surface area contributed by atoms with Crippen LogP contribution in [-0.2, 0) is 25.7 Å². The molecule has 0 spiro atoms. The van der Waals surface area contributed by atoms with Gasteiger partial charge in [-0.1, -0.05) is 61.9 Å². The van der Waals surface area contributed by atoms with Crippen molar-refractivity contribution in [2.24, 2.45) is 4.99 Å². The minimum atomic E-state index is -0.585. The smallest absolute Gasteiger partial charge is 0.325 e. The third-order valence-corrected chi connectivity index (χ3v) is 8.22. The molecular formula is C40H44N6O6S. The fraction of sp³-hybridized carbons (Fsp3) is 0.250. The molecule has 2 amide bonds. The first-order valence-corrected chi connectivity index (χ1v) is 18.0. The van der Waals surface area contributed by atoms with Crippen molar-refractivity contribution in [3.05, 3.63) is 120 Å². The quantitative estimate of drug-likeness (QED) is 0.0558. The van der Waals surface area contributed by atoms with Crippen LogP contribution in [0.2, 0.25) is 0 Å². The Morgan fingerprint density at radius 1 is 0.830 bits per heavy atom. The number of thioether (sulfide) groups is 1. The highest BCUT2D eigenvalue weighted by Crippen LogP contribution is 2.29. The fourth-order valence-corrected chi connectivity index (χ4v) is 5.45. The maximum Gasteiger partial charge on any atom is 0.325 e. The van der Waals surface area contributed by atoms with Gasteiger partial charge < -0.3 is 19.5 Å². The number of nitrogens with one attached hydrogen (secondary N) is 2. The predicted molar refractivity (Wildman–Crippen MR) is 209 cm³/mol. The molecular weight excluding hydrogens is 693 g/mol. The lowest BCUT2D eigenvalue weighted by molar-refractivity contribution is -0.150. The Bertz CT molecular complexity index is 1970. The fourth-order valence-electron chi connectivity index (χ4n) is 4.83. The lowest BCUT2D eigenvalue weighted by atomic mass is 10.1. The molecule has 5 rings (SSSR count). The summed E-state index contributed by atoms with van der Waals surface area (Å²) >= 11 is 1.02. The molecule has 0 radical (unpaired) electrons. The molecule has 0 bridgehead atoms. The first-order chi connectivity index (χ1) is 25.7. The third-order valence-electron chi connectivity index (χ3n) is 7.52. The van der Waals surface area contributed by atoms with Gasteiger partial charge in [-0.2, -0.15) is 0 Å². The molecule has 0 atom stereocenters. The highest BCUT2D eigenvalue weighted by Gasteiger charge is 2.15. The molecule has 5 aromatic rings. The summed E-state index contributed by atoms with van der Waals surface area (Å²) in [6.07, 6.45) is 1.39. The second-order valence-corrected chi connectivity index (χ2v) is 12.4. The van der Waals surface area contributed by atoms with Crippen LogP contribution in [0.5, 0.6) is 5.75 Å². The number of amides is 2. The number of esters is 2. The number of carbonyl (C=O) groups is 3. The summed E-state index contributed by atoms with van der Waals surface area (Å²) in [7, 11) is 1.59. The monoisotopic (exact) mass is 736 g/mol. The Morgan fingerprint density at radius 3 is 2.11 bits per heavy atom. The number of ether oxygens (including phenoxy) is 3. The number of urea groups is 1. The van der Waals surface area contributed by atoms with E-state index in [1.54, 1.807) is 30.3 Å². The average molecular weight is 737 g/mol. The zero-order chi connectivity index (χ0) is 38.2. The van der Waals surface area contributed by atoms with Crippen molar-refractivity contribution in [2.75, 3.05) is 18.4 Å². The van der Waals surface area contributed by atoms with E-state index in [1.165, 1.54) is 0 Å². The number of benzene rings is 4. The highest BCUT2D eigenvalue weighted by atomic mass is 32.2. The van der Waals surface area contributed by atoms with Crippen LogP contribution >= 0.6 is 11.8 Å². The maximum absolute atomic E-state index is 13.1. The number of hydrogen-bond acceptors (Lipinski definition) is 10. The van der Waals surface area contributed by atoms with Gasteiger partial charge >= 0.3 is 18.0 Å². The second-order valence-electron chi connectivity index (χ2n) is 11.5. The summed E-state index contributed by atoms with van der Waals surface area (Å²) in [6, 6.07) is 27.5. The topological polar surface area (TPSA) is 146 Å². The SMILES string of the molecule is CC.COc1cc(C)c(N=C(NC(=O)Nc2ccc(-c3ncn(-c4ccc(C)cc4)n3)cc2)SCOC(=O)CCC(=O)OCc2ccccc2)c(C)c1. The molecule has 0 aliphatic rings. The van der Waals surface area contributed by atoms with E-state index in [0.29, 0.717) is 22.9 Å². The number of anilines is 1. The van der Waals surface area contributed by atoms with Crippen molar-refractivity contribution in [3.8, 4) is 22.8 Å². The Morgan fingerprint density at radius 2 is 1.47 bits per heavy atom. The van der Waals surface area contributed by atoms with Crippen LogP contribution in [0, 0.1) is 20.8 Å². The lowest BCUT2D eigenvalue weighted by Crippen LogP contribution is -2.33. The van der Waals surface area contributed by atoms with Crippen LogP contribution in [0.15, 0.2) is 102 Å². The van der Waals surface area contributed by atoms with Gasteiger partial charge in [0.15, 0.2) is 11.0 Å². The molecule has 0 saturated heterocycles. The molecule has 0 aliphatic heterocycles. The van der Waals surface area contributed by atoms with E-state index in [2.05, 4.69) is 20.7 Å². The molecule has 0 unspecified atom stereocenters. The van der Waals surface area contributed by atoms with E-state index in [9.17, 15) is 14.4 Å². The lowest BCUT2D eigenvalue weighted by Gasteiger charge is -2.13. The summed E-state index contributed by atoms with van der Waals surface area (Å²) in [6.45, 7) is 9.92. The Labute approximate surface area is 314 Å². The Kier molecular flexibility index (Phi) is 15.2. The van der Waals surface area contributed by atoms with Crippen LogP contribution < -0.4 is 15.4 Å². The summed E-state index contributed by atoms with van der Waals surface area (Å²) < 4.78 is 17.6. The van der Waals surface area contributed by atoms with Crippen LogP contribution in [0.4, 0.5) is 16.2 Å². The number of aromatic nitrogens is 3. The normalized spacial score (nSPS) is 10.8. The number of aryl methyl sites for hydroxylation is 3. The second kappa shape index (κ2) is 20.2. The largest absolute Gasteiger partial charge is 0.497 e. The van der Waals surface area contributed by atoms with Gasteiger partial charge in [-0.25, -0.2) is 19.5 Å². The minimum Gasteiger partial charge on any atom is -0.497 e. The molecule has 13 heteroatoms. The molecule has 12 nitrogen and oxygen atoms in total. The standard InChI is InChI=1S/C38H38N6O6S.C2H6/c1-25-10-16-31(17-11-25)44-23-39-36(43-44)29-12-14-30(15-13-29)40-37(47)42-38(41-35-26(2)20-32(48-4)21-27(35)3)51-24-50-34(46)19-18-33(45)49-22-28-8-6-5-7-9-28;1-2/h5-17,20-21,23H,18-19,22,24H2,1-4H3,(H2,40,41,42,47);1-2H3. The molecule has 1 aromatic heterocycles. The average Bonchev–Trinajstić information content (AvgIpc) is 3.66. The van der Waals surface area contributed by atoms with Crippen molar-refractivity contribution >= 4 is 46.3 Å². The number of carbonyl (C=O) groups excluding carboxylic acids is 3. The summed E-state index contributed by atoms with van der Waals surface area (Å²) in [5.41, 5.74) is 6.50. The molecule has 53 heavy (non-hydrogen) atoms. The van der Waals surface area contributed by atoms with Gasteiger partial charge in [-0.3, -0.25) is 14.9 Å². The van der Waals surface area contributed by atoms with Crippen LogP contribution in [0.3, 0.4) is 0 Å². The molecule has 276 valence electrons. The summed E-state index contributed by atoms with van der Waals surface area (Å²) in [5, 5.41) is 10.3. The van der Waals surface area contributed by atoms with Gasteiger partial charge in [-0.05, 0) is 97.8 Å². The number of nitrogens with zero attached hydrogens (tertiary/aromatic N) is 4. The van der Waals surface area contributed by atoms with Gasteiger partial charge in [0.25, 0.3) is 0 Å². The van der Waals surface area contributed by atoms with Crippen molar-refractivity contribution in [3.63, 3.8) is 0 Å². The number of rotatable bonds is 12. The van der Waals surface area contributed by atoms with Crippen LogP contribution in [0.25, 0.3) is 17.1 Å². The summed E-state index contributed by atoms with van der Waals surface area (Å²) in [4.78, 5) is 46.8. The van der Waals surface area contributed by atoms with Gasteiger partial charge in [0.05, 0.1) is 31.3 Å². The van der Waals surface area contributed by atoms with Gasteiger partial charge in [0.1, 0.15) is 24.6 Å². The van der Waals surface area contributed by atoms with Crippen molar-refractivity contribution in [1.82, 2.24) is 20.1 Å². The predicted octanol–water partition coefficient (Wildman–Crippen LogP) is 8.46. The maximum atomic E-state index is 13.1. The Balaban J connectivity index is 0.00000308. The minimum absolute atomic E-state index is 0.119. The van der Waals surface area contributed by atoms with Gasteiger partial charge in [-0.15, -0.1) is 5.10 Å². The van der Waals surface area contributed by atoms with Crippen LogP contribution in [-0.4, -0.2) is 51.0 Å². The van der Waals surface area contributed by atoms with E-state index in [4.69, 9.17) is 19.2 Å². The van der Waals surface area contributed by atoms with Gasteiger partial charge in [0, 0.05) is 11.3 Å². The summed E-state index contributed by atoms with van der Waals surface area (Å²) in [5.74, 6) is -0.0157. The van der Waals surface area contributed by atoms with Crippen molar-refractivity contribution in [1.29, 1.82) is 0 Å². The zero-order valence-electron chi connectivity index (χ0n) is 30.7. The molecule has 4 aromatic carbocycles. The van der Waals surface area contributed by atoms with E-state index in [0.717, 1.165) is 45.3 Å². The van der Waals surface area contributed by atoms with Crippen LogP contribution in [0.1, 0.15) is 48.9 Å². The third kappa shape index (κ3) is 12.4. The number of amidine groups is 1. The molecule has 0 fully saturated rings. The number of hydrogen-bond donors (Lipinski definition) is 2. The zero-order valence-corrected chi connectivity index (χ0v) is 31.5. The molecule has 0 saturated carbocycles. The number of methoxy groups -OCH3 is 1. The number of aliphatic imine (C=N–C) groups is 1. The van der Waals surface area contributed by atoms with E-state index in [1.807, 2.05) is 113 Å². The highest BCUT2D eigenvalue weighted by molar-refractivity contribution is 8.13.